The zero-order chi connectivity index (χ0) is 7.84. The summed E-state index contributed by atoms with van der Waals surface area (Å²) < 4.78 is 1.87. The normalized spacial score (nSPS) is 21.1. The average Bonchev–Trinajstić information content (AvgIpc) is 2.35. The first-order valence-corrected chi connectivity index (χ1v) is 3.41. The predicted octanol–water partition coefficient (Wildman–Crippen LogP) is -0.0151. The molecule has 0 aromatic carbocycles. The predicted molar refractivity (Wildman–Crippen MR) is 40.3 cm³/mol. The number of nitrogens with zero attached hydrogens (tertiary/aromatic N) is 2. The molecule has 1 aromatic heterocycles. The molecular weight excluding hydrogens is 142 g/mol. The highest BCUT2D eigenvalue weighted by Gasteiger charge is 2.16. The number of aryl methyl sites for hydroxylation is 1. The Hall–Kier alpha value is -1.29. The second kappa shape index (κ2) is 2.10. The number of hydrogen-bond donors (Lipinski definition) is 2. The van der Waals surface area contributed by atoms with Gasteiger partial charge in [-0.05, 0) is 6.08 Å². The molecule has 1 unspecified atom stereocenters. The summed E-state index contributed by atoms with van der Waals surface area (Å²) in [6.45, 7) is 0. The fourth-order valence-electron chi connectivity index (χ4n) is 1.17. The zero-order valence-electron chi connectivity index (χ0n) is 6.15. The summed E-state index contributed by atoms with van der Waals surface area (Å²) in [6, 6.07) is 0. The van der Waals surface area contributed by atoms with Gasteiger partial charge in [-0.15, -0.1) is 0 Å². The van der Waals surface area contributed by atoms with Crippen LogP contribution in [0.4, 0.5) is 0 Å². The maximum Gasteiger partial charge on any atom is 0.169 e. The van der Waals surface area contributed by atoms with Crippen LogP contribution in [0.2, 0.25) is 0 Å². The molecule has 2 rings (SSSR count). The third kappa shape index (κ3) is 0.832. The molecule has 0 radical (unpaired) electrons. The molecule has 1 atom stereocenters. The van der Waals surface area contributed by atoms with E-state index < -0.39 is 6.23 Å². The Labute approximate surface area is 64.2 Å². The van der Waals surface area contributed by atoms with Crippen LogP contribution in [0.25, 0.3) is 6.08 Å². The van der Waals surface area contributed by atoms with Crippen molar-refractivity contribution in [3.63, 3.8) is 0 Å². The van der Waals surface area contributed by atoms with Gasteiger partial charge in [0.05, 0.1) is 12.0 Å². The number of aliphatic hydroxyl groups is 1. The van der Waals surface area contributed by atoms with Crippen molar-refractivity contribution < 1.29 is 5.11 Å². The lowest BCUT2D eigenvalue weighted by molar-refractivity contribution is 0.150. The number of imidazole rings is 1. The van der Waals surface area contributed by atoms with E-state index in [4.69, 9.17) is 0 Å². The van der Waals surface area contributed by atoms with Crippen LogP contribution in [0.1, 0.15) is 17.6 Å². The summed E-state index contributed by atoms with van der Waals surface area (Å²) in [5, 5.41) is 12.1. The van der Waals surface area contributed by atoms with Crippen molar-refractivity contribution in [2.75, 3.05) is 0 Å². The first-order valence-electron chi connectivity index (χ1n) is 3.41. The molecule has 1 aromatic rings. The molecule has 1 aliphatic heterocycles. The van der Waals surface area contributed by atoms with Gasteiger partial charge in [0.1, 0.15) is 5.69 Å². The lowest BCUT2D eigenvalue weighted by Crippen LogP contribution is -2.19. The number of aromatic nitrogens is 2. The van der Waals surface area contributed by atoms with Crippen LogP contribution in [-0.2, 0) is 7.05 Å². The van der Waals surface area contributed by atoms with Gasteiger partial charge in [-0.3, -0.25) is 0 Å². The first kappa shape index (κ1) is 6.42. The van der Waals surface area contributed by atoms with Crippen LogP contribution in [0, 0.1) is 0 Å². The van der Waals surface area contributed by atoms with Crippen molar-refractivity contribution >= 4 is 6.08 Å². The summed E-state index contributed by atoms with van der Waals surface area (Å²) in [5.41, 5.74) is 1.64. The molecule has 2 N–H and O–H groups in total. The number of rotatable bonds is 0. The maximum atomic E-state index is 9.34. The zero-order valence-corrected chi connectivity index (χ0v) is 6.15. The van der Waals surface area contributed by atoms with Gasteiger partial charge in [0.2, 0.25) is 0 Å². The van der Waals surface area contributed by atoms with E-state index in [0.29, 0.717) is 5.69 Å². The highest BCUT2D eigenvalue weighted by molar-refractivity contribution is 5.50. The topological polar surface area (TPSA) is 50.1 Å². The summed E-state index contributed by atoms with van der Waals surface area (Å²) in [7, 11) is 1.90. The van der Waals surface area contributed by atoms with Gasteiger partial charge in [-0.25, -0.2) is 4.98 Å². The molecule has 11 heavy (non-hydrogen) atoms. The van der Waals surface area contributed by atoms with Crippen LogP contribution < -0.4 is 5.32 Å². The van der Waals surface area contributed by atoms with Crippen molar-refractivity contribution in [3.8, 4) is 0 Å². The van der Waals surface area contributed by atoms with E-state index in [1.165, 1.54) is 0 Å². The fourth-order valence-corrected chi connectivity index (χ4v) is 1.17. The van der Waals surface area contributed by atoms with E-state index >= 15 is 0 Å². The van der Waals surface area contributed by atoms with Crippen LogP contribution in [-0.4, -0.2) is 14.7 Å². The molecule has 0 saturated carbocycles. The Balaban J connectivity index is 2.57. The van der Waals surface area contributed by atoms with Gasteiger partial charge in [0, 0.05) is 13.2 Å². The summed E-state index contributed by atoms with van der Waals surface area (Å²) >= 11 is 0. The average molecular weight is 151 g/mol. The second-order valence-electron chi connectivity index (χ2n) is 2.53. The van der Waals surface area contributed by atoms with Crippen molar-refractivity contribution in [2.24, 2.45) is 7.05 Å². The number of aliphatic hydroxyl groups excluding tert-OH is 1. The Morgan fingerprint density at radius 3 is 3.27 bits per heavy atom. The van der Waals surface area contributed by atoms with E-state index in [1.807, 2.05) is 17.7 Å². The summed E-state index contributed by atoms with van der Waals surface area (Å²) in [6.07, 6.45) is 4.63. The molecule has 0 aliphatic carbocycles. The van der Waals surface area contributed by atoms with E-state index in [1.54, 1.807) is 12.5 Å². The van der Waals surface area contributed by atoms with Crippen LogP contribution in [0.3, 0.4) is 0 Å². The van der Waals surface area contributed by atoms with Gasteiger partial charge in [-0.2, -0.15) is 0 Å². The molecule has 0 saturated heterocycles. The fraction of sp³-hybridized carbons (Fsp3) is 0.286. The van der Waals surface area contributed by atoms with Crippen LogP contribution >= 0.6 is 0 Å². The quantitative estimate of drug-likeness (QED) is 0.548. The Bertz CT molecular complexity index is 303. The van der Waals surface area contributed by atoms with Crippen molar-refractivity contribution in [1.29, 1.82) is 0 Å². The smallest absolute Gasteiger partial charge is 0.169 e. The molecule has 4 heteroatoms. The summed E-state index contributed by atoms with van der Waals surface area (Å²) in [4.78, 5) is 4.04. The van der Waals surface area contributed by atoms with E-state index in [2.05, 4.69) is 10.3 Å². The van der Waals surface area contributed by atoms with Gasteiger partial charge in [0.25, 0.3) is 0 Å². The molecule has 4 nitrogen and oxygen atoms in total. The molecular formula is C7H9N3O. The van der Waals surface area contributed by atoms with E-state index in [9.17, 15) is 5.11 Å². The van der Waals surface area contributed by atoms with Crippen molar-refractivity contribution in [1.82, 2.24) is 14.9 Å². The third-order valence-electron chi connectivity index (χ3n) is 1.77. The number of nitrogens with one attached hydrogen (secondary N) is 1. The van der Waals surface area contributed by atoms with Gasteiger partial charge >= 0.3 is 0 Å². The molecule has 0 fully saturated rings. The maximum absolute atomic E-state index is 9.34. The molecule has 0 amide bonds. The minimum absolute atomic E-state index is 0.656. The Morgan fingerprint density at radius 2 is 2.55 bits per heavy atom. The van der Waals surface area contributed by atoms with Crippen LogP contribution in [0.15, 0.2) is 12.5 Å². The highest BCUT2D eigenvalue weighted by atomic mass is 16.3. The highest BCUT2D eigenvalue weighted by Crippen LogP contribution is 2.18. The molecule has 2 heterocycles. The number of fused-ring (bicyclic) bond motifs is 1. The largest absolute Gasteiger partial charge is 0.368 e. The molecule has 0 bridgehead atoms. The van der Waals surface area contributed by atoms with Gasteiger partial charge < -0.3 is 15.0 Å². The minimum atomic E-state index is -0.656. The minimum Gasteiger partial charge on any atom is -0.368 e. The van der Waals surface area contributed by atoms with Crippen molar-refractivity contribution in [3.05, 3.63) is 23.9 Å². The number of hydrogen-bond acceptors (Lipinski definition) is 3. The standard InChI is InChI=1S/C7H9N3O/c1-10-4-9-6-5(10)2-3-8-7(6)11/h2-4,7-8,11H,1H3. The molecule has 1 aliphatic rings. The third-order valence-corrected chi connectivity index (χ3v) is 1.77. The molecule has 58 valence electrons. The first-order chi connectivity index (χ1) is 5.29. The lowest BCUT2D eigenvalue weighted by Gasteiger charge is -2.13. The monoisotopic (exact) mass is 151 g/mol. The van der Waals surface area contributed by atoms with E-state index in [-0.39, 0.29) is 0 Å². The SMILES string of the molecule is Cn1cnc2c1C=CNC2O. The van der Waals surface area contributed by atoms with Crippen molar-refractivity contribution in [2.45, 2.75) is 6.23 Å². The lowest BCUT2D eigenvalue weighted by atomic mass is 10.2. The van der Waals surface area contributed by atoms with Gasteiger partial charge in [-0.1, -0.05) is 0 Å². The molecule has 0 spiro atoms. The van der Waals surface area contributed by atoms with E-state index in [0.717, 1.165) is 5.69 Å². The van der Waals surface area contributed by atoms with Gasteiger partial charge in [0.15, 0.2) is 6.23 Å². The summed E-state index contributed by atoms with van der Waals surface area (Å²) in [5.74, 6) is 0. The van der Waals surface area contributed by atoms with Crippen LogP contribution in [0.5, 0.6) is 0 Å². The second-order valence-corrected chi connectivity index (χ2v) is 2.53. The Kier molecular flexibility index (Phi) is 1.22. The Morgan fingerprint density at radius 1 is 1.73 bits per heavy atom.